The number of nitrogens with one attached hydrogen (secondary N) is 1. The van der Waals surface area contributed by atoms with Crippen LogP contribution in [0.4, 0.5) is 5.69 Å². The van der Waals surface area contributed by atoms with Crippen molar-refractivity contribution in [3.63, 3.8) is 0 Å². The van der Waals surface area contributed by atoms with Crippen molar-refractivity contribution in [1.29, 1.82) is 0 Å². The molecule has 18 heavy (non-hydrogen) atoms. The van der Waals surface area contributed by atoms with E-state index in [2.05, 4.69) is 5.32 Å². The quantitative estimate of drug-likeness (QED) is 0.765. The second-order valence-corrected chi connectivity index (χ2v) is 4.08. The third-order valence-corrected chi connectivity index (χ3v) is 2.64. The van der Waals surface area contributed by atoms with Gasteiger partial charge in [0.15, 0.2) is 0 Å². The number of carbonyl (C=O) groups is 2. The van der Waals surface area contributed by atoms with Crippen molar-refractivity contribution in [2.24, 2.45) is 17.4 Å². The van der Waals surface area contributed by atoms with Gasteiger partial charge in [0.2, 0.25) is 11.8 Å². The standard InChI is InChI=1S/C12H17N3O2.ClH/c1-7(8(2)13)12(17)15-10-5-3-9(4-6-10)11(14)16;/h3-8H,13H2,1-2H3,(H2,14,16)(H,15,17);1H. The fourth-order valence-electron chi connectivity index (χ4n) is 1.21. The average molecular weight is 272 g/mol. The maximum atomic E-state index is 11.7. The van der Waals surface area contributed by atoms with Gasteiger partial charge in [-0.2, -0.15) is 0 Å². The van der Waals surface area contributed by atoms with Gasteiger partial charge in [-0.1, -0.05) is 6.92 Å². The van der Waals surface area contributed by atoms with E-state index in [0.29, 0.717) is 11.3 Å². The Kier molecular flexibility index (Phi) is 6.36. The first kappa shape index (κ1) is 16.4. The minimum absolute atomic E-state index is 0. The molecule has 0 bridgehead atoms. The van der Waals surface area contributed by atoms with Gasteiger partial charge >= 0.3 is 0 Å². The van der Waals surface area contributed by atoms with Crippen LogP contribution in [0.25, 0.3) is 0 Å². The number of anilines is 1. The molecule has 0 aliphatic carbocycles. The molecule has 0 fully saturated rings. The smallest absolute Gasteiger partial charge is 0.248 e. The van der Waals surface area contributed by atoms with Gasteiger partial charge in [-0.3, -0.25) is 9.59 Å². The number of primary amides is 1. The molecule has 2 atom stereocenters. The third kappa shape index (κ3) is 4.35. The Morgan fingerprint density at radius 2 is 1.67 bits per heavy atom. The highest BCUT2D eigenvalue weighted by Crippen LogP contribution is 2.11. The van der Waals surface area contributed by atoms with Crippen LogP contribution in [0.1, 0.15) is 24.2 Å². The maximum absolute atomic E-state index is 11.7. The van der Waals surface area contributed by atoms with Crippen molar-refractivity contribution in [3.05, 3.63) is 29.8 Å². The third-order valence-electron chi connectivity index (χ3n) is 2.64. The highest BCUT2D eigenvalue weighted by atomic mass is 35.5. The number of rotatable bonds is 4. The van der Waals surface area contributed by atoms with Crippen molar-refractivity contribution in [2.45, 2.75) is 19.9 Å². The lowest BCUT2D eigenvalue weighted by Crippen LogP contribution is -2.34. The Balaban J connectivity index is 0.00000289. The first-order valence-corrected chi connectivity index (χ1v) is 5.38. The van der Waals surface area contributed by atoms with Crippen LogP contribution in [0, 0.1) is 5.92 Å². The zero-order valence-electron chi connectivity index (χ0n) is 10.3. The van der Waals surface area contributed by atoms with Gasteiger partial charge in [-0.15, -0.1) is 12.4 Å². The summed E-state index contributed by atoms with van der Waals surface area (Å²) in [6, 6.07) is 6.18. The summed E-state index contributed by atoms with van der Waals surface area (Å²) in [5.41, 5.74) is 11.8. The van der Waals surface area contributed by atoms with Crippen LogP contribution < -0.4 is 16.8 Å². The Bertz CT molecular complexity index is 418. The predicted octanol–water partition coefficient (Wildman–Crippen LogP) is 1.13. The normalized spacial score (nSPS) is 13.1. The summed E-state index contributed by atoms with van der Waals surface area (Å²) in [7, 11) is 0. The monoisotopic (exact) mass is 271 g/mol. The van der Waals surface area contributed by atoms with E-state index in [1.807, 2.05) is 0 Å². The predicted molar refractivity (Wildman–Crippen MR) is 73.7 cm³/mol. The van der Waals surface area contributed by atoms with E-state index in [1.165, 1.54) is 0 Å². The fourth-order valence-corrected chi connectivity index (χ4v) is 1.21. The Hall–Kier alpha value is -1.59. The number of nitrogens with two attached hydrogens (primary N) is 2. The SMILES string of the molecule is CC(N)C(C)C(=O)Nc1ccc(C(N)=O)cc1.Cl. The van der Waals surface area contributed by atoms with E-state index in [1.54, 1.807) is 38.1 Å². The number of benzene rings is 1. The molecule has 1 aromatic rings. The molecule has 6 heteroatoms. The first-order chi connectivity index (χ1) is 7.91. The van der Waals surface area contributed by atoms with E-state index in [0.717, 1.165) is 0 Å². The molecule has 0 aromatic heterocycles. The van der Waals surface area contributed by atoms with E-state index in [4.69, 9.17) is 11.5 Å². The van der Waals surface area contributed by atoms with E-state index in [-0.39, 0.29) is 30.3 Å². The Labute approximate surface area is 112 Å². The Morgan fingerprint density at radius 3 is 2.06 bits per heavy atom. The minimum Gasteiger partial charge on any atom is -0.366 e. The van der Waals surface area contributed by atoms with Gasteiger partial charge in [0.05, 0.1) is 5.92 Å². The van der Waals surface area contributed by atoms with Crippen molar-refractivity contribution < 1.29 is 9.59 Å². The minimum atomic E-state index is -0.494. The van der Waals surface area contributed by atoms with Crippen LogP contribution >= 0.6 is 12.4 Å². The average Bonchev–Trinajstić information content (AvgIpc) is 2.28. The number of hydrogen-bond acceptors (Lipinski definition) is 3. The number of carbonyl (C=O) groups excluding carboxylic acids is 2. The number of amides is 2. The van der Waals surface area contributed by atoms with Crippen LogP contribution in [0.15, 0.2) is 24.3 Å². The van der Waals surface area contributed by atoms with Crippen LogP contribution in [0.2, 0.25) is 0 Å². The highest BCUT2D eigenvalue weighted by molar-refractivity contribution is 5.95. The molecular weight excluding hydrogens is 254 g/mol. The largest absolute Gasteiger partial charge is 0.366 e. The van der Waals surface area contributed by atoms with Gasteiger partial charge in [0, 0.05) is 17.3 Å². The van der Waals surface area contributed by atoms with Crippen molar-refractivity contribution in [3.8, 4) is 0 Å². The molecule has 0 radical (unpaired) electrons. The molecule has 100 valence electrons. The van der Waals surface area contributed by atoms with Gasteiger partial charge in [0.25, 0.3) is 0 Å². The lowest BCUT2D eigenvalue weighted by molar-refractivity contribution is -0.119. The second-order valence-electron chi connectivity index (χ2n) is 4.08. The first-order valence-electron chi connectivity index (χ1n) is 5.38. The molecule has 0 saturated carbocycles. The van der Waals surface area contributed by atoms with E-state index >= 15 is 0 Å². The number of hydrogen-bond donors (Lipinski definition) is 3. The summed E-state index contributed by atoms with van der Waals surface area (Å²) < 4.78 is 0. The molecular formula is C12H18ClN3O2. The van der Waals surface area contributed by atoms with Crippen LogP contribution in [-0.2, 0) is 4.79 Å². The molecule has 0 aliphatic rings. The van der Waals surface area contributed by atoms with Gasteiger partial charge in [0.1, 0.15) is 0 Å². The van der Waals surface area contributed by atoms with Crippen molar-refractivity contribution >= 4 is 29.9 Å². The summed E-state index contributed by atoms with van der Waals surface area (Å²) in [4.78, 5) is 22.5. The zero-order valence-corrected chi connectivity index (χ0v) is 11.2. The molecule has 5 N–H and O–H groups in total. The van der Waals surface area contributed by atoms with Crippen LogP contribution in [-0.4, -0.2) is 17.9 Å². The summed E-state index contributed by atoms with van der Waals surface area (Å²) in [5.74, 6) is -0.913. The van der Waals surface area contributed by atoms with E-state index in [9.17, 15) is 9.59 Å². The summed E-state index contributed by atoms with van der Waals surface area (Å²) in [6.45, 7) is 3.54. The molecule has 2 unspecified atom stereocenters. The molecule has 0 spiro atoms. The summed E-state index contributed by atoms with van der Waals surface area (Å²) in [5, 5.41) is 2.72. The Morgan fingerprint density at radius 1 is 1.17 bits per heavy atom. The topological polar surface area (TPSA) is 98.2 Å². The zero-order chi connectivity index (χ0) is 13.0. The molecule has 5 nitrogen and oxygen atoms in total. The van der Waals surface area contributed by atoms with Gasteiger partial charge < -0.3 is 16.8 Å². The van der Waals surface area contributed by atoms with Crippen molar-refractivity contribution in [2.75, 3.05) is 5.32 Å². The van der Waals surface area contributed by atoms with Gasteiger partial charge in [-0.25, -0.2) is 0 Å². The summed E-state index contributed by atoms with van der Waals surface area (Å²) in [6.07, 6.45) is 0. The highest BCUT2D eigenvalue weighted by Gasteiger charge is 2.16. The second kappa shape index (κ2) is 6.98. The van der Waals surface area contributed by atoms with Crippen LogP contribution in [0.5, 0.6) is 0 Å². The molecule has 0 saturated heterocycles. The molecule has 0 aliphatic heterocycles. The molecule has 1 aromatic carbocycles. The molecule has 1 rings (SSSR count). The molecule has 0 heterocycles. The summed E-state index contributed by atoms with van der Waals surface area (Å²) >= 11 is 0. The van der Waals surface area contributed by atoms with Crippen LogP contribution in [0.3, 0.4) is 0 Å². The lowest BCUT2D eigenvalue weighted by Gasteiger charge is -2.15. The van der Waals surface area contributed by atoms with E-state index < -0.39 is 5.91 Å². The van der Waals surface area contributed by atoms with Crippen molar-refractivity contribution in [1.82, 2.24) is 0 Å². The van der Waals surface area contributed by atoms with Gasteiger partial charge in [-0.05, 0) is 31.2 Å². The maximum Gasteiger partial charge on any atom is 0.248 e. The number of halogens is 1. The lowest BCUT2D eigenvalue weighted by atomic mass is 10.0. The molecule has 2 amide bonds. The fraction of sp³-hybridized carbons (Fsp3) is 0.333.